The molecule has 0 saturated carbocycles. The molecule has 0 amide bonds. The number of halogens is 3. The first-order valence-electron chi connectivity index (χ1n) is 6.23. The molecule has 1 aromatic rings. The number of benzene rings is 1. The van der Waals surface area contributed by atoms with Gasteiger partial charge in [-0.25, -0.2) is 0 Å². The fourth-order valence-electron chi connectivity index (χ4n) is 1.54. The molecule has 0 aliphatic heterocycles. The number of aliphatic carboxylic acids is 1. The lowest BCUT2D eigenvalue weighted by molar-refractivity contribution is -0.171. The van der Waals surface area contributed by atoms with Crippen LogP contribution in [0.1, 0.15) is 18.4 Å². The van der Waals surface area contributed by atoms with Gasteiger partial charge in [-0.05, 0) is 24.1 Å². The van der Waals surface area contributed by atoms with Crippen molar-refractivity contribution in [2.75, 3.05) is 6.61 Å². The van der Waals surface area contributed by atoms with Gasteiger partial charge in [0.15, 0.2) is 5.78 Å². The van der Waals surface area contributed by atoms with Crippen LogP contribution in [0.2, 0.25) is 0 Å². The zero-order chi connectivity index (χ0) is 16.8. The Morgan fingerprint density at radius 3 is 2.18 bits per heavy atom. The van der Waals surface area contributed by atoms with Crippen LogP contribution in [-0.2, 0) is 20.8 Å². The van der Waals surface area contributed by atoms with Crippen LogP contribution < -0.4 is 4.74 Å². The van der Waals surface area contributed by atoms with Crippen molar-refractivity contribution >= 4 is 17.5 Å². The van der Waals surface area contributed by atoms with E-state index in [1.165, 1.54) is 24.3 Å². The molecule has 0 aromatic heterocycles. The number of carbonyl (C=O) groups is 3. The number of carboxylic acids is 1. The van der Waals surface area contributed by atoms with Gasteiger partial charge in [0.25, 0.3) is 0 Å². The average Bonchev–Trinajstić information content (AvgIpc) is 2.41. The Labute approximate surface area is 123 Å². The summed E-state index contributed by atoms with van der Waals surface area (Å²) in [7, 11) is 0. The maximum Gasteiger partial charge on any atom is 0.449 e. The minimum atomic E-state index is -4.83. The van der Waals surface area contributed by atoms with Gasteiger partial charge in [-0.15, -0.1) is 0 Å². The largest absolute Gasteiger partial charge is 0.486 e. The molecule has 0 saturated heterocycles. The van der Waals surface area contributed by atoms with Crippen molar-refractivity contribution in [2.45, 2.75) is 25.4 Å². The maximum absolute atomic E-state index is 12.0. The third-order valence-corrected chi connectivity index (χ3v) is 2.63. The maximum atomic E-state index is 12.0. The summed E-state index contributed by atoms with van der Waals surface area (Å²) in [4.78, 5) is 32.1. The summed E-state index contributed by atoms with van der Waals surface area (Å²) in [5, 5.41) is 8.39. The van der Waals surface area contributed by atoms with Crippen LogP contribution in [0.4, 0.5) is 13.2 Å². The molecule has 0 aliphatic carbocycles. The van der Waals surface area contributed by atoms with Crippen molar-refractivity contribution in [2.24, 2.45) is 0 Å². The summed E-state index contributed by atoms with van der Waals surface area (Å²) < 4.78 is 41.2. The minimum Gasteiger partial charge on any atom is -0.486 e. The smallest absolute Gasteiger partial charge is 0.449 e. The molecule has 1 aromatic carbocycles. The van der Waals surface area contributed by atoms with Gasteiger partial charge in [-0.2, -0.15) is 13.2 Å². The molecular weight excluding hydrogens is 305 g/mol. The monoisotopic (exact) mass is 318 g/mol. The Morgan fingerprint density at radius 2 is 1.68 bits per heavy atom. The second-order valence-corrected chi connectivity index (χ2v) is 4.46. The van der Waals surface area contributed by atoms with Gasteiger partial charge in [0.2, 0.25) is 5.78 Å². The van der Waals surface area contributed by atoms with E-state index in [1.54, 1.807) is 0 Å². The number of aryl methyl sites for hydroxylation is 1. The second-order valence-electron chi connectivity index (χ2n) is 4.46. The van der Waals surface area contributed by atoms with Gasteiger partial charge < -0.3 is 9.84 Å². The quantitative estimate of drug-likeness (QED) is 0.743. The van der Waals surface area contributed by atoms with Crippen molar-refractivity contribution in [3.63, 3.8) is 0 Å². The van der Waals surface area contributed by atoms with Crippen LogP contribution in [0, 0.1) is 0 Å². The van der Waals surface area contributed by atoms with E-state index in [1.807, 2.05) is 0 Å². The predicted molar refractivity (Wildman–Crippen MR) is 68.6 cm³/mol. The highest BCUT2D eigenvalue weighted by atomic mass is 19.4. The number of Topliss-reactive ketones (excluding diaryl/α,β-unsaturated/α-hetero) is 2. The molecule has 0 aliphatic rings. The van der Waals surface area contributed by atoms with Crippen LogP contribution in [-0.4, -0.2) is 35.4 Å². The number of hydrogen-bond donors (Lipinski definition) is 1. The fraction of sp³-hybridized carbons (Fsp3) is 0.357. The topological polar surface area (TPSA) is 80.7 Å². The average molecular weight is 318 g/mol. The van der Waals surface area contributed by atoms with Crippen LogP contribution in [0.15, 0.2) is 24.3 Å². The highest BCUT2D eigenvalue weighted by molar-refractivity contribution is 5.95. The summed E-state index contributed by atoms with van der Waals surface area (Å²) in [6.07, 6.45) is -6.16. The van der Waals surface area contributed by atoms with Gasteiger partial charge in [0, 0.05) is 6.42 Å². The van der Waals surface area contributed by atoms with Crippen molar-refractivity contribution in [3.8, 4) is 5.75 Å². The number of rotatable bonds is 8. The molecule has 22 heavy (non-hydrogen) atoms. The number of ether oxygens (including phenoxy) is 1. The first-order valence-corrected chi connectivity index (χ1v) is 6.23. The Kier molecular flexibility index (Phi) is 6.09. The van der Waals surface area contributed by atoms with Gasteiger partial charge in [0.05, 0.1) is 0 Å². The molecular formula is C14H13F3O5. The Morgan fingerprint density at radius 1 is 1.09 bits per heavy atom. The summed E-state index contributed by atoms with van der Waals surface area (Å²) >= 11 is 0. The van der Waals surface area contributed by atoms with Crippen molar-refractivity contribution in [3.05, 3.63) is 29.8 Å². The van der Waals surface area contributed by atoms with Crippen molar-refractivity contribution in [1.29, 1.82) is 0 Å². The summed E-state index contributed by atoms with van der Waals surface area (Å²) in [6, 6.07) is 5.81. The van der Waals surface area contributed by atoms with Gasteiger partial charge in [-0.1, -0.05) is 12.1 Å². The van der Waals surface area contributed by atoms with Gasteiger partial charge >= 0.3 is 12.1 Å². The first kappa shape index (κ1) is 17.7. The molecule has 0 heterocycles. The fourth-order valence-corrected chi connectivity index (χ4v) is 1.54. The molecule has 1 N–H and O–H groups in total. The number of ketones is 2. The van der Waals surface area contributed by atoms with Crippen LogP contribution in [0.5, 0.6) is 5.75 Å². The summed E-state index contributed by atoms with van der Waals surface area (Å²) in [5.41, 5.74) is 0.516. The summed E-state index contributed by atoms with van der Waals surface area (Å²) in [5.74, 6) is -3.36. The van der Waals surface area contributed by atoms with Gasteiger partial charge in [-0.3, -0.25) is 14.4 Å². The van der Waals surface area contributed by atoms with Crippen LogP contribution in [0.3, 0.4) is 0 Å². The molecule has 0 fully saturated rings. The van der Waals surface area contributed by atoms with E-state index < -0.39 is 43.2 Å². The zero-order valence-corrected chi connectivity index (χ0v) is 11.4. The van der Waals surface area contributed by atoms with E-state index in [0.29, 0.717) is 5.56 Å². The van der Waals surface area contributed by atoms with Crippen molar-refractivity contribution < 1.29 is 37.4 Å². The van der Waals surface area contributed by atoms with E-state index in [9.17, 15) is 27.6 Å². The number of carbonyl (C=O) groups excluding carboxylic acids is 2. The van der Waals surface area contributed by atoms with Gasteiger partial charge in [0.1, 0.15) is 18.8 Å². The normalized spacial score (nSPS) is 11.0. The van der Waals surface area contributed by atoms with E-state index in [2.05, 4.69) is 0 Å². The third kappa shape index (κ3) is 6.38. The molecule has 120 valence electrons. The van der Waals surface area contributed by atoms with Crippen molar-refractivity contribution in [1.82, 2.24) is 0 Å². The Balaban J connectivity index is 2.45. The second kappa shape index (κ2) is 7.58. The standard InChI is InChI=1S/C14H13F3O5/c15-14(16,17)12(19)6-3-9-1-4-11(5-2-9)22-8-10(18)7-13(20)21/h1-2,4-5H,3,6-8H2,(H,20,21). The zero-order valence-electron chi connectivity index (χ0n) is 11.4. The predicted octanol–water partition coefficient (Wildman–Crippen LogP) is 2.17. The number of alkyl halides is 3. The number of hydrogen-bond acceptors (Lipinski definition) is 4. The molecule has 5 nitrogen and oxygen atoms in total. The summed E-state index contributed by atoms with van der Waals surface area (Å²) in [6.45, 7) is -0.405. The lowest BCUT2D eigenvalue weighted by Crippen LogP contribution is -2.22. The van der Waals surface area contributed by atoms with Crippen LogP contribution in [0.25, 0.3) is 0 Å². The van der Waals surface area contributed by atoms with E-state index in [0.717, 1.165) is 0 Å². The highest BCUT2D eigenvalue weighted by Gasteiger charge is 2.37. The Hall–Kier alpha value is -2.38. The molecule has 0 spiro atoms. The SMILES string of the molecule is O=C(O)CC(=O)COc1ccc(CCC(=O)C(F)(F)F)cc1. The Bertz CT molecular complexity index is 549. The van der Waals surface area contributed by atoms with E-state index in [4.69, 9.17) is 9.84 Å². The molecule has 8 heteroatoms. The molecule has 1 rings (SSSR count). The molecule has 0 atom stereocenters. The highest BCUT2D eigenvalue weighted by Crippen LogP contribution is 2.20. The van der Waals surface area contributed by atoms with Crippen LogP contribution >= 0.6 is 0 Å². The van der Waals surface area contributed by atoms with E-state index >= 15 is 0 Å². The third-order valence-electron chi connectivity index (χ3n) is 2.63. The lowest BCUT2D eigenvalue weighted by Gasteiger charge is -2.07. The van der Waals surface area contributed by atoms with E-state index in [-0.39, 0.29) is 12.2 Å². The molecule has 0 unspecified atom stereocenters. The number of carboxylic acid groups (broad SMARTS) is 1. The minimum absolute atomic E-state index is 0.0590. The molecule has 0 radical (unpaired) electrons. The lowest BCUT2D eigenvalue weighted by atomic mass is 10.1. The first-order chi connectivity index (χ1) is 10.2. The molecule has 0 bridgehead atoms.